The van der Waals surface area contributed by atoms with Crippen LogP contribution in [0.1, 0.15) is 44.6 Å². The van der Waals surface area contributed by atoms with Crippen LogP contribution in [0.4, 0.5) is 0 Å². The van der Waals surface area contributed by atoms with Crippen LogP contribution >= 0.6 is 11.6 Å². The zero-order valence-corrected chi connectivity index (χ0v) is 15.6. The van der Waals surface area contributed by atoms with E-state index in [1.54, 1.807) is 24.5 Å². The molecule has 140 valence electrons. The summed E-state index contributed by atoms with van der Waals surface area (Å²) in [4.78, 5) is 12.7. The van der Waals surface area contributed by atoms with E-state index in [9.17, 15) is 0 Å². The van der Waals surface area contributed by atoms with Gasteiger partial charge in [-0.2, -0.15) is 4.98 Å². The molecule has 8 heteroatoms. The first kappa shape index (κ1) is 17.7. The van der Waals surface area contributed by atoms with Gasteiger partial charge >= 0.3 is 0 Å². The Morgan fingerprint density at radius 3 is 2.67 bits per heavy atom. The monoisotopic (exact) mass is 386 g/mol. The molecule has 1 aliphatic rings. The second kappa shape index (κ2) is 7.92. The lowest BCUT2D eigenvalue weighted by atomic mass is 10.2. The highest BCUT2D eigenvalue weighted by Crippen LogP contribution is 2.26. The number of pyridine rings is 2. The molecule has 0 spiro atoms. The number of ether oxygens (including phenoxy) is 2. The van der Waals surface area contributed by atoms with Gasteiger partial charge in [-0.3, -0.25) is 0 Å². The number of hydrogen-bond acceptors (Lipinski definition) is 7. The number of aromatic nitrogens is 4. The first-order valence-corrected chi connectivity index (χ1v) is 9.30. The Morgan fingerprint density at radius 2 is 1.96 bits per heavy atom. The minimum atomic E-state index is -0.424. The molecular weight excluding hydrogens is 368 g/mol. The lowest BCUT2D eigenvalue weighted by Gasteiger charge is -2.11. The zero-order chi connectivity index (χ0) is 18.6. The zero-order valence-electron chi connectivity index (χ0n) is 14.8. The van der Waals surface area contributed by atoms with Gasteiger partial charge < -0.3 is 14.0 Å². The molecule has 1 atom stereocenters. The van der Waals surface area contributed by atoms with Crippen LogP contribution in [0.3, 0.4) is 0 Å². The van der Waals surface area contributed by atoms with Gasteiger partial charge in [-0.15, -0.1) is 0 Å². The van der Waals surface area contributed by atoms with E-state index in [-0.39, 0.29) is 6.10 Å². The molecule has 0 radical (unpaired) electrons. The Bertz CT molecular complexity index is 877. The van der Waals surface area contributed by atoms with Gasteiger partial charge in [0.1, 0.15) is 17.0 Å². The van der Waals surface area contributed by atoms with Crippen molar-refractivity contribution in [1.82, 2.24) is 20.1 Å². The first-order valence-electron chi connectivity index (χ1n) is 8.92. The molecule has 4 rings (SSSR count). The van der Waals surface area contributed by atoms with Crippen molar-refractivity contribution in [2.75, 3.05) is 0 Å². The second-order valence-corrected chi connectivity index (χ2v) is 6.83. The van der Waals surface area contributed by atoms with Gasteiger partial charge in [-0.05, 0) is 50.8 Å². The van der Waals surface area contributed by atoms with Crippen molar-refractivity contribution >= 4 is 11.6 Å². The van der Waals surface area contributed by atoms with E-state index in [0.717, 1.165) is 18.4 Å². The smallest absolute Gasteiger partial charge is 0.267 e. The molecule has 7 nitrogen and oxygen atoms in total. The summed E-state index contributed by atoms with van der Waals surface area (Å²) in [6.07, 6.45) is 7.72. The third-order valence-corrected chi connectivity index (χ3v) is 4.61. The maximum absolute atomic E-state index is 5.87. The fourth-order valence-corrected chi connectivity index (χ4v) is 3.08. The van der Waals surface area contributed by atoms with Gasteiger partial charge in [0.15, 0.2) is 6.10 Å². The van der Waals surface area contributed by atoms with E-state index in [1.165, 1.54) is 12.8 Å². The molecule has 3 heterocycles. The van der Waals surface area contributed by atoms with Crippen LogP contribution in [0.2, 0.25) is 5.15 Å². The summed E-state index contributed by atoms with van der Waals surface area (Å²) in [5, 5.41) is 4.42. The molecule has 0 saturated heterocycles. The molecule has 0 unspecified atom stereocenters. The topological polar surface area (TPSA) is 83.2 Å². The average Bonchev–Trinajstić information content (AvgIpc) is 3.36. The lowest BCUT2D eigenvalue weighted by molar-refractivity contribution is 0.175. The van der Waals surface area contributed by atoms with Crippen LogP contribution in [-0.2, 0) is 0 Å². The van der Waals surface area contributed by atoms with Crippen LogP contribution in [-0.4, -0.2) is 26.2 Å². The van der Waals surface area contributed by atoms with E-state index in [4.69, 9.17) is 25.6 Å². The van der Waals surface area contributed by atoms with Crippen LogP contribution in [0.15, 0.2) is 41.2 Å². The number of rotatable bonds is 6. The summed E-state index contributed by atoms with van der Waals surface area (Å²) < 4.78 is 16.9. The van der Waals surface area contributed by atoms with Crippen molar-refractivity contribution in [1.29, 1.82) is 0 Å². The average molecular weight is 387 g/mol. The maximum atomic E-state index is 5.87. The second-order valence-electron chi connectivity index (χ2n) is 6.44. The van der Waals surface area contributed by atoms with Crippen LogP contribution in [0, 0.1) is 0 Å². The quantitative estimate of drug-likeness (QED) is 0.570. The fourth-order valence-electron chi connectivity index (χ4n) is 2.96. The van der Waals surface area contributed by atoms with Crippen molar-refractivity contribution in [3.8, 4) is 23.0 Å². The molecule has 27 heavy (non-hydrogen) atoms. The van der Waals surface area contributed by atoms with Crippen molar-refractivity contribution in [3.05, 3.63) is 47.7 Å². The van der Waals surface area contributed by atoms with Crippen molar-refractivity contribution in [2.24, 2.45) is 0 Å². The first-order chi connectivity index (χ1) is 13.2. The van der Waals surface area contributed by atoms with Crippen molar-refractivity contribution in [2.45, 2.75) is 44.8 Å². The largest absolute Gasteiger partial charge is 0.479 e. The van der Waals surface area contributed by atoms with Gasteiger partial charge in [-0.1, -0.05) is 16.8 Å². The van der Waals surface area contributed by atoms with Gasteiger partial charge in [0.2, 0.25) is 11.7 Å². The predicted molar refractivity (Wildman–Crippen MR) is 98.7 cm³/mol. The Hall–Kier alpha value is -2.67. The van der Waals surface area contributed by atoms with Gasteiger partial charge in [0.25, 0.3) is 5.89 Å². The molecule has 3 aromatic heterocycles. The molecule has 0 aromatic carbocycles. The summed E-state index contributed by atoms with van der Waals surface area (Å²) in [6, 6.07) is 7.10. The summed E-state index contributed by atoms with van der Waals surface area (Å²) in [7, 11) is 0. The Balaban J connectivity index is 1.41. The number of halogens is 1. The van der Waals surface area contributed by atoms with Gasteiger partial charge in [0.05, 0.1) is 6.20 Å². The highest BCUT2D eigenvalue weighted by Gasteiger charge is 2.19. The molecule has 1 aliphatic carbocycles. The third-order valence-electron chi connectivity index (χ3n) is 4.39. The van der Waals surface area contributed by atoms with E-state index in [0.29, 0.717) is 28.5 Å². The van der Waals surface area contributed by atoms with E-state index in [1.807, 2.05) is 19.1 Å². The van der Waals surface area contributed by atoms with Crippen molar-refractivity contribution in [3.63, 3.8) is 0 Å². The minimum absolute atomic E-state index is 0.278. The lowest BCUT2D eigenvalue weighted by Crippen LogP contribution is -2.11. The molecule has 0 aliphatic heterocycles. The van der Waals surface area contributed by atoms with E-state index in [2.05, 4.69) is 20.1 Å². The van der Waals surface area contributed by atoms with Gasteiger partial charge in [0, 0.05) is 17.8 Å². The molecule has 0 amide bonds. The SMILES string of the molecule is C[C@H](Oc1ccc(Cl)nc1)c1nc(-c2ccc(OC3CCCC3)nc2)no1. The van der Waals surface area contributed by atoms with Crippen molar-refractivity contribution < 1.29 is 14.0 Å². The maximum Gasteiger partial charge on any atom is 0.267 e. The predicted octanol–water partition coefficient (Wildman–Crippen LogP) is 4.64. The Kier molecular flexibility index (Phi) is 5.20. The Morgan fingerprint density at radius 1 is 1.11 bits per heavy atom. The Labute approximate surface area is 161 Å². The highest BCUT2D eigenvalue weighted by molar-refractivity contribution is 6.29. The molecule has 0 bridgehead atoms. The normalized spacial score (nSPS) is 15.6. The van der Waals surface area contributed by atoms with E-state index < -0.39 is 6.10 Å². The number of nitrogens with zero attached hydrogens (tertiary/aromatic N) is 4. The summed E-state index contributed by atoms with van der Waals surface area (Å²) >= 11 is 5.77. The number of hydrogen-bond donors (Lipinski definition) is 0. The van der Waals surface area contributed by atoms with Crippen LogP contribution in [0.5, 0.6) is 11.6 Å². The molecule has 3 aromatic rings. The molecular formula is C19H19ClN4O3. The molecule has 1 fully saturated rings. The summed E-state index contributed by atoms with van der Waals surface area (Å²) in [5.41, 5.74) is 0.754. The molecule has 0 N–H and O–H groups in total. The van der Waals surface area contributed by atoms with Crippen LogP contribution < -0.4 is 9.47 Å². The molecule has 1 saturated carbocycles. The third kappa shape index (κ3) is 4.36. The summed E-state index contributed by atoms with van der Waals surface area (Å²) in [6.45, 7) is 1.82. The minimum Gasteiger partial charge on any atom is -0.479 e. The van der Waals surface area contributed by atoms with Crippen LogP contribution in [0.25, 0.3) is 11.4 Å². The fraction of sp³-hybridized carbons (Fsp3) is 0.368. The standard InChI is InChI=1S/C19H19ClN4O3/c1-12(25-15-7-8-16(20)21-11-15)19-23-18(24-27-19)13-6-9-17(22-10-13)26-14-4-2-3-5-14/h6-12,14H,2-5H2,1H3/t12-/m0/s1. The van der Waals surface area contributed by atoms with Gasteiger partial charge in [-0.25, -0.2) is 9.97 Å². The summed E-state index contributed by atoms with van der Waals surface area (Å²) in [5.74, 6) is 2.02. The highest BCUT2D eigenvalue weighted by atomic mass is 35.5. The van der Waals surface area contributed by atoms with E-state index >= 15 is 0 Å².